The van der Waals surface area contributed by atoms with Gasteiger partial charge in [-0.3, -0.25) is 9.78 Å². The van der Waals surface area contributed by atoms with Crippen molar-refractivity contribution in [2.75, 3.05) is 7.11 Å². The summed E-state index contributed by atoms with van der Waals surface area (Å²) in [7, 11) is 1.61. The summed E-state index contributed by atoms with van der Waals surface area (Å²) in [6.45, 7) is 0.435. The maximum Gasteiger partial charge on any atom is 0.262 e. The molecule has 4 aromatic heterocycles. The molecule has 29 heavy (non-hydrogen) atoms. The molecule has 0 spiro atoms. The Hall–Kier alpha value is -4.07. The summed E-state index contributed by atoms with van der Waals surface area (Å²) in [4.78, 5) is 26.2. The lowest BCUT2D eigenvalue weighted by atomic mass is 10.1. The molecule has 0 radical (unpaired) electrons. The molecule has 0 amide bonds. The van der Waals surface area contributed by atoms with Crippen molar-refractivity contribution in [1.82, 2.24) is 29.1 Å². The summed E-state index contributed by atoms with van der Waals surface area (Å²) in [5.74, 6) is 1.12. The Morgan fingerprint density at radius 3 is 2.79 bits per heavy atom. The molecule has 1 aromatic carbocycles. The molecule has 0 aliphatic carbocycles. The van der Waals surface area contributed by atoms with Crippen LogP contribution in [0.2, 0.25) is 0 Å². The fourth-order valence-corrected chi connectivity index (χ4v) is 3.41. The van der Waals surface area contributed by atoms with Crippen LogP contribution < -0.4 is 10.3 Å². The highest BCUT2D eigenvalue weighted by molar-refractivity contribution is 5.93. The maximum atomic E-state index is 13.5. The topological polar surface area (TPSA) is 87.2 Å². The second-order valence-electron chi connectivity index (χ2n) is 6.53. The van der Waals surface area contributed by atoms with E-state index in [0.717, 1.165) is 11.1 Å². The van der Waals surface area contributed by atoms with Gasteiger partial charge in [-0.25, -0.2) is 4.98 Å². The van der Waals surface area contributed by atoms with Crippen molar-refractivity contribution in [3.63, 3.8) is 0 Å². The lowest BCUT2D eigenvalue weighted by molar-refractivity contribution is 0.415. The van der Waals surface area contributed by atoms with Crippen LogP contribution in [-0.4, -0.2) is 36.2 Å². The van der Waals surface area contributed by atoms with E-state index >= 15 is 0 Å². The SMILES string of the molecule is COc1cccc(-c2c3c(=O)n(Cc4ccncc4)ccc3nc3ncnn23)c1. The summed E-state index contributed by atoms with van der Waals surface area (Å²) in [6.07, 6.45) is 6.61. The first-order valence-corrected chi connectivity index (χ1v) is 9.01. The molecule has 8 heteroatoms. The van der Waals surface area contributed by atoms with Crippen molar-refractivity contribution in [1.29, 1.82) is 0 Å². The molecule has 0 fully saturated rings. The smallest absolute Gasteiger partial charge is 0.262 e. The van der Waals surface area contributed by atoms with Crippen LogP contribution in [0.1, 0.15) is 5.56 Å². The van der Waals surface area contributed by atoms with Gasteiger partial charge in [-0.1, -0.05) is 12.1 Å². The van der Waals surface area contributed by atoms with E-state index in [4.69, 9.17) is 4.74 Å². The second-order valence-corrected chi connectivity index (χ2v) is 6.53. The minimum atomic E-state index is -0.151. The average Bonchev–Trinajstić information content (AvgIpc) is 3.23. The molecule has 8 nitrogen and oxygen atoms in total. The van der Waals surface area contributed by atoms with Crippen molar-refractivity contribution in [2.45, 2.75) is 6.54 Å². The Kier molecular flexibility index (Phi) is 4.02. The van der Waals surface area contributed by atoms with Crippen LogP contribution in [-0.2, 0) is 6.54 Å². The molecule has 0 saturated carbocycles. The van der Waals surface area contributed by atoms with Crippen LogP contribution in [0.15, 0.2) is 72.2 Å². The molecule has 0 bridgehead atoms. The molecule has 4 heterocycles. The molecular weight excluding hydrogens is 368 g/mol. The molecule has 5 aromatic rings. The van der Waals surface area contributed by atoms with Crippen LogP contribution in [0.25, 0.3) is 27.9 Å². The third-order valence-electron chi connectivity index (χ3n) is 4.79. The van der Waals surface area contributed by atoms with E-state index < -0.39 is 0 Å². The molecule has 0 aliphatic rings. The van der Waals surface area contributed by atoms with Gasteiger partial charge in [-0.15, -0.1) is 0 Å². The Labute approximate surface area is 165 Å². The van der Waals surface area contributed by atoms with E-state index in [-0.39, 0.29) is 5.56 Å². The van der Waals surface area contributed by atoms with Gasteiger partial charge < -0.3 is 9.30 Å². The summed E-state index contributed by atoms with van der Waals surface area (Å²) < 4.78 is 8.62. The van der Waals surface area contributed by atoms with Gasteiger partial charge in [0.05, 0.1) is 30.3 Å². The monoisotopic (exact) mass is 384 g/mol. The van der Waals surface area contributed by atoms with E-state index in [0.29, 0.717) is 34.7 Å². The first-order chi connectivity index (χ1) is 14.2. The Balaban J connectivity index is 1.81. The fraction of sp³-hybridized carbons (Fsp3) is 0.0952. The van der Waals surface area contributed by atoms with E-state index in [2.05, 4.69) is 20.1 Å². The van der Waals surface area contributed by atoms with E-state index in [1.165, 1.54) is 6.33 Å². The van der Waals surface area contributed by atoms with Crippen molar-refractivity contribution in [3.05, 3.63) is 83.3 Å². The Morgan fingerprint density at radius 2 is 1.97 bits per heavy atom. The number of rotatable bonds is 4. The average molecular weight is 384 g/mol. The Bertz CT molecular complexity index is 1390. The molecule has 142 valence electrons. The lowest BCUT2D eigenvalue weighted by Gasteiger charge is -2.12. The van der Waals surface area contributed by atoms with Crippen molar-refractivity contribution >= 4 is 16.7 Å². The highest BCUT2D eigenvalue weighted by Gasteiger charge is 2.17. The number of nitrogens with zero attached hydrogens (tertiary/aromatic N) is 6. The third kappa shape index (κ3) is 2.91. The maximum absolute atomic E-state index is 13.5. The zero-order chi connectivity index (χ0) is 19.8. The van der Waals surface area contributed by atoms with Gasteiger partial charge >= 0.3 is 0 Å². The summed E-state index contributed by atoms with van der Waals surface area (Å²) in [6, 6.07) is 13.1. The predicted octanol–water partition coefficient (Wildman–Crippen LogP) is 2.56. The van der Waals surface area contributed by atoms with Crippen LogP contribution in [0, 0.1) is 0 Å². The largest absolute Gasteiger partial charge is 0.497 e. The van der Waals surface area contributed by atoms with Crippen molar-refractivity contribution in [3.8, 4) is 17.0 Å². The standard InChI is InChI=1S/C21H16N6O2/c1-29-16-4-2-3-15(11-16)19-18-17(25-21-23-13-24-27(19)21)7-10-26(20(18)28)12-14-5-8-22-9-6-14/h2-11,13H,12H2,1H3. The molecule has 5 rings (SSSR count). The van der Waals surface area contributed by atoms with Gasteiger partial charge in [0, 0.05) is 24.2 Å². The zero-order valence-corrected chi connectivity index (χ0v) is 15.6. The van der Waals surface area contributed by atoms with Crippen molar-refractivity contribution in [2.24, 2.45) is 0 Å². The number of hydrogen-bond acceptors (Lipinski definition) is 6. The van der Waals surface area contributed by atoms with E-state index in [1.807, 2.05) is 42.5 Å². The van der Waals surface area contributed by atoms with Gasteiger partial charge in [0.1, 0.15) is 12.1 Å². The number of hydrogen-bond donors (Lipinski definition) is 0. The highest BCUT2D eigenvalue weighted by Crippen LogP contribution is 2.28. The summed E-state index contributed by atoms with van der Waals surface area (Å²) in [5, 5.41) is 4.78. The molecule has 0 N–H and O–H groups in total. The van der Waals surface area contributed by atoms with Crippen LogP contribution in [0.4, 0.5) is 0 Å². The fourth-order valence-electron chi connectivity index (χ4n) is 3.41. The van der Waals surface area contributed by atoms with Gasteiger partial charge in [-0.2, -0.15) is 14.6 Å². The normalized spacial score (nSPS) is 11.2. The molecule has 0 saturated heterocycles. The number of benzene rings is 1. The zero-order valence-electron chi connectivity index (χ0n) is 15.6. The lowest BCUT2D eigenvalue weighted by Crippen LogP contribution is -2.22. The molecular formula is C21H16N6O2. The van der Waals surface area contributed by atoms with Gasteiger partial charge in [0.25, 0.3) is 11.3 Å². The summed E-state index contributed by atoms with van der Waals surface area (Å²) >= 11 is 0. The Morgan fingerprint density at radius 1 is 1.10 bits per heavy atom. The first kappa shape index (κ1) is 17.1. The molecule has 0 aliphatic heterocycles. The minimum Gasteiger partial charge on any atom is -0.497 e. The summed E-state index contributed by atoms with van der Waals surface area (Å²) in [5.41, 5.74) is 2.84. The number of fused-ring (bicyclic) bond motifs is 2. The predicted molar refractivity (Wildman–Crippen MR) is 108 cm³/mol. The number of methoxy groups -OCH3 is 1. The molecule has 0 atom stereocenters. The minimum absolute atomic E-state index is 0.151. The van der Waals surface area contributed by atoms with E-state index in [1.54, 1.807) is 34.8 Å². The quantitative estimate of drug-likeness (QED) is 0.473. The number of ether oxygens (including phenoxy) is 1. The highest BCUT2D eigenvalue weighted by atomic mass is 16.5. The van der Waals surface area contributed by atoms with Gasteiger partial charge in [0.2, 0.25) is 0 Å². The van der Waals surface area contributed by atoms with Gasteiger partial charge in [-0.05, 0) is 35.9 Å². The molecule has 0 unspecified atom stereocenters. The van der Waals surface area contributed by atoms with Crippen molar-refractivity contribution < 1.29 is 4.74 Å². The number of pyridine rings is 2. The van der Waals surface area contributed by atoms with Crippen LogP contribution in [0.5, 0.6) is 5.75 Å². The van der Waals surface area contributed by atoms with Crippen LogP contribution >= 0.6 is 0 Å². The van der Waals surface area contributed by atoms with Gasteiger partial charge in [0.15, 0.2) is 0 Å². The first-order valence-electron chi connectivity index (χ1n) is 9.01. The van der Waals surface area contributed by atoms with E-state index in [9.17, 15) is 4.79 Å². The number of aromatic nitrogens is 6. The second kappa shape index (κ2) is 6.83. The van der Waals surface area contributed by atoms with Crippen LogP contribution in [0.3, 0.4) is 0 Å². The third-order valence-corrected chi connectivity index (χ3v) is 4.79.